The molecule has 0 spiro atoms. The first-order valence-corrected chi connectivity index (χ1v) is 7.82. The number of amides is 1. The van der Waals surface area contributed by atoms with Gasteiger partial charge < -0.3 is 9.47 Å². The first-order chi connectivity index (χ1) is 11.1. The van der Waals surface area contributed by atoms with Crippen molar-refractivity contribution in [2.45, 2.75) is 33.1 Å². The number of anilines is 1. The van der Waals surface area contributed by atoms with Crippen molar-refractivity contribution in [3.63, 3.8) is 0 Å². The summed E-state index contributed by atoms with van der Waals surface area (Å²) in [5.41, 5.74) is 0.932. The first-order valence-electron chi connectivity index (χ1n) is 7.82. The number of rotatable bonds is 7. The maximum Gasteiger partial charge on any atom is 0.326 e. The molecule has 0 saturated carbocycles. The van der Waals surface area contributed by atoms with Crippen molar-refractivity contribution in [1.29, 1.82) is 0 Å². The van der Waals surface area contributed by atoms with E-state index in [9.17, 15) is 14.4 Å². The lowest BCUT2D eigenvalue weighted by Gasteiger charge is -2.29. The molecule has 1 heterocycles. The van der Waals surface area contributed by atoms with Crippen LogP contribution in [-0.2, 0) is 14.3 Å². The van der Waals surface area contributed by atoms with Crippen LogP contribution in [0.3, 0.4) is 0 Å². The van der Waals surface area contributed by atoms with Crippen LogP contribution in [0.25, 0.3) is 0 Å². The number of ether oxygens (including phenoxy) is 2. The largest absolute Gasteiger partial charge is 0.482 e. The second-order valence-electron chi connectivity index (χ2n) is 5.30. The van der Waals surface area contributed by atoms with Gasteiger partial charge in [-0.3, -0.25) is 19.3 Å². The van der Waals surface area contributed by atoms with Gasteiger partial charge in [-0.1, -0.05) is 20.3 Å². The molecule has 0 aliphatic carbocycles. The van der Waals surface area contributed by atoms with Gasteiger partial charge in [-0.05, 0) is 24.6 Å². The maximum absolute atomic E-state index is 12.1. The smallest absolute Gasteiger partial charge is 0.326 e. The van der Waals surface area contributed by atoms with Crippen LogP contribution in [0.2, 0.25) is 0 Å². The van der Waals surface area contributed by atoms with Crippen LogP contribution in [-0.4, -0.2) is 37.4 Å². The van der Waals surface area contributed by atoms with Gasteiger partial charge in [0.05, 0.1) is 12.3 Å². The highest BCUT2D eigenvalue weighted by molar-refractivity contribution is 6.03. The fourth-order valence-electron chi connectivity index (χ4n) is 2.26. The number of fused-ring (bicyclic) bond motifs is 1. The third-order valence-corrected chi connectivity index (χ3v) is 3.59. The van der Waals surface area contributed by atoms with Crippen LogP contribution in [0.5, 0.6) is 5.75 Å². The summed E-state index contributed by atoms with van der Waals surface area (Å²) in [6, 6.07) is 4.91. The molecule has 0 N–H and O–H groups in total. The highest BCUT2D eigenvalue weighted by Crippen LogP contribution is 2.33. The average Bonchev–Trinajstić information content (AvgIpc) is 2.56. The molecule has 1 aromatic rings. The number of benzene rings is 1. The van der Waals surface area contributed by atoms with E-state index < -0.39 is 5.97 Å². The Morgan fingerprint density at radius 3 is 2.78 bits per heavy atom. The highest BCUT2D eigenvalue weighted by atomic mass is 16.5. The van der Waals surface area contributed by atoms with Gasteiger partial charge in [0.25, 0.3) is 5.91 Å². The van der Waals surface area contributed by atoms with Crippen molar-refractivity contribution in [3.8, 4) is 5.75 Å². The van der Waals surface area contributed by atoms with Gasteiger partial charge in [0, 0.05) is 12.0 Å². The van der Waals surface area contributed by atoms with Crippen LogP contribution < -0.4 is 9.64 Å². The van der Waals surface area contributed by atoms with E-state index in [2.05, 4.69) is 0 Å². The van der Waals surface area contributed by atoms with Crippen LogP contribution >= 0.6 is 0 Å². The molecule has 0 unspecified atom stereocenters. The number of carbonyl (C=O) groups excluding carboxylic acids is 3. The lowest BCUT2D eigenvalue weighted by molar-refractivity contribution is -0.143. The van der Waals surface area contributed by atoms with E-state index in [4.69, 9.17) is 9.47 Å². The fraction of sp³-hybridized carbons (Fsp3) is 0.471. The van der Waals surface area contributed by atoms with Gasteiger partial charge in [0.1, 0.15) is 12.3 Å². The lowest BCUT2D eigenvalue weighted by atomic mass is 10.1. The predicted molar refractivity (Wildman–Crippen MR) is 84.8 cm³/mol. The van der Waals surface area contributed by atoms with E-state index in [1.165, 1.54) is 4.90 Å². The molecule has 23 heavy (non-hydrogen) atoms. The summed E-state index contributed by atoms with van der Waals surface area (Å²) in [6.07, 6.45) is 2.08. The van der Waals surface area contributed by atoms with Gasteiger partial charge >= 0.3 is 5.97 Å². The topological polar surface area (TPSA) is 72.9 Å². The Balaban J connectivity index is 2.19. The lowest BCUT2D eigenvalue weighted by Crippen LogP contribution is -2.42. The molecular weight excluding hydrogens is 298 g/mol. The molecule has 1 amide bonds. The number of carbonyl (C=O) groups is 3. The molecule has 0 radical (unpaired) electrons. The molecule has 0 fully saturated rings. The third-order valence-electron chi connectivity index (χ3n) is 3.59. The van der Waals surface area contributed by atoms with Crippen molar-refractivity contribution in [2.75, 3.05) is 24.7 Å². The minimum Gasteiger partial charge on any atom is -0.482 e. The van der Waals surface area contributed by atoms with Gasteiger partial charge in [0.15, 0.2) is 12.4 Å². The van der Waals surface area contributed by atoms with E-state index in [-0.39, 0.29) is 24.8 Å². The minimum absolute atomic E-state index is 0.0312. The Hall–Kier alpha value is -2.37. The van der Waals surface area contributed by atoms with Crippen molar-refractivity contribution in [1.82, 2.24) is 0 Å². The molecule has 0 bridgehead atoms. The van der Waals surface area contributed by atoms with E-state index in [0.717, 1.165) is 12.8 Å². The Bertz CT molecular complexity index is 611. The normalized spacial score (nSPS) is 13.3. The molecule has 1 aliphatic rings. The second-order valence-corrected chi connectivity index (χ2v) is 5.30. The Kier molecular flexibility index (Phi) is 5.73. The van der Waals surface area contributed by atoms with Gasteiger partial charge in [-0.25, -0.2) is 0 Å². The number of nitrogens with zero attached hydrogens (tertiary/aromatic N) is 1. The number of ketones is 1. The van der Waals surface area contributed by atoms with Crippen molar-refractivity contribution in [3.05, 3.63) is 23.8 Å². The summed E-state index contributed by atoms with van der Waals surface area (Å²) in [7, 11) is 0. The molecule has 1 aliphatic heterocycles. The second kappa shape index (κ2) is 7.76. The minimum atomic E-state index is -0.466. The standard InChI is InChI=1S/C17H21NO5/c1-3-5-8-22-17(21)10-18-13-9-12(14(19)4-2)6-7-15(13)23-11-16(18)20/h6-7,9H,3-5,8,10-11H2,1-2H3. The first kappa shape index (κ1) is 17.0. The number of esters is 1. The van der Waals surface area contributed by atoms with E-state index in [1.54, 1.807) is 25.1 Å². The highest BCUT2D eigenvalue weighted by Gasteiger charge is 2.28. The van der Waals surface area contributed by atoms with Gasteiger partial charge in [-0.2, -0.15) is 0 Å². The Morgan fingerprint density at radius 2 is 2.09 bits per heavy atom. The Labute approximate surface area is 135 Å². The summed E-state index contributed by atoms with van der Waals surface area (Å²) < 4.78 is 10.5. The number of hydrogen-bond acceptors (Lipinski definition) is 5. The van der Waals surface area contributed by atoms with Crippen LogP contribution in [0.15, 0.2) is 18.2 Å². The Morgan fingerprint density at radius 1 is 1.30 bits per heavy atom. The van der Waals surface area contributed by atoms with Crippen LogP contribution in [0, 0.1) is 0 Å². The zero-order valence-corrected chi connectivity index (χ0v) is 13.5. The quantitative estimate of drug-likeness (QED) is 0.438. The molecule has 0 atom stereocenters. The molecule has 0 aromatic heterocycles. The zero-order chi connectivity index (χ0) is 16.8. The summed E-state index contributed by atoms with van der Waals surface area (Å²) in [4.78, 5) is 37.1. The third kappa shape index (κ3) is 4.09. The molecule has 6 nitrogen and oxygen atoms in total. The van der Waals surface area contributed by atoms with E-state index in [1.807, 2.05) is 6.92 Å². The summed E-state index contributed by atoms with van der Waals surface area (Å²) in [6.45, 7) is 3.81. The maximum atomic E-state index is 12.1. The molecule has 0 saturated heterocycles. The summed E-state index contributed by atoms with van der Waals surface area (Å²) in [5.74, 6) is -0.340. The zero-order valence-electron chi connectivity index (χ0n) is 13.5. The summed E-state index contributed by atoms with van der Waals surface area (Å²) in [5, 5.41) is 0. The number of hydrogen-bond donors (Lipinski definition) is 0. The SMILES string of the molecule is CCCCOC(=O)CN1C(=O)COc2ccc(C(=O)CC)cc21. The van der Waals surface area contributed by atoms with E-state index >= 15 is 0 Å². The van der Waals surface area contributed by atoms with Crippen LogP contribution in [0.1, 0.15) is 43.5 Å². The van der Waals surface area contributed by atoms with Crippen molar-refractivity contribution in [2.24, 2.45) is 0 Å². The van der Waals surface area contributed by atoms with E-state index in [0.29, 0.717) is 30.0 Å². The van der Waals surface area contributed by atoms with Crippen molar-refractivity contribution >= 4 is 23.3 Å². The average molecular weight is 319 g/mol. The van der Waals surface area contributed by atoms with Gasteiger partial charge in [-0.15, -0.1) is 0 Å². The molecule has 2 rings (SSSR count). The molecular formula is C17H21NO5. The molecule has 1 aromatic carbocycles. The number of Topliss-reactive ketones (excluding diaryl/α,β-unsaturated/α-hetero) is 1. The summed E-state index contributed by atoms with van der Waals surface area (Å²) >= 11 is 0. The van der Waals surface area contributed by atoms with Gasteiger partial charge in [0.2, 0.25) is 0 Å². The van der Waals surface area contributed by atoms with Crippen molar-refractivity contribution < 1.29 is 23.9 Å². The monoisotopic (exact) mass is 319 g/mol. The molecule has 6 heteroatoms. The fourth-order valence-corrected chi connectivity index (χ4v) is 2.26. The van der Waals surface area contributed by atoms with Crippen LogP contribution in [0.4, 0.5) is 5.69 Å². The number of unbranched alkanes of at least 4 members (excludes halogenated alkanes) is 1. The molecule has 124 valence electrons. The predicted octanol–water partition coefficient (Wildman–Crippen LogP) is 2.35.